The molecule has 0 aromatic rings. The number of carbonyl (C=O) groups excluding carboxylic acids is 1. The first-order valence-electron chi connectivity index (χ1n) is 9.17. The van der Waals surface area contributed by atoms with Crippen molar-refractivity contribution in [3.05, 3.63) is 0 Å². The van der Waals surface area contributed by atoms with Crippen LogP contribution in [-0.2, 0) is 4.79 Å². The van der Waals surface area contributed by atoms with Crippen molar-refractivity contribution >= 4 is 11.9 Å². The zero-order valence-corrected chi connectivity index (χ0v) is 16.4. The number of nitrogens with zero attached hydrogens (tertiary/aromatic N) is 2. The summed E-state index contributed by atoms with van der Waals surface area (Å²) in [5, 5.41) is 9.39. The fourth-order valence-electron chi connectivity index (χ4n) is 3.09. The van der Waals surface area contributed by atoms with Gasteiger partial charge in [-0.3, -0.25) is 9.79 Å². The van der Waals surface area contributed by atoms with E-state index in [0.29, 0.717) is 17.8 Å². The van der Waals surface area contributed by atoms with E-state index in [1.54, 1.807) is 7.05 Å². The standard InChI is InChI=1S/C18H37N5O/c1-14(2)12-23-9-7-8-15(13-23)10-20-17(19-6)21-11-16(24)22-18(3,4)5/h14-15H,7-13H2,1-6H3,(H,22,24)(H2,19,20,21). The van der Waals surface area contributed by atoms with Gasteiger partial charge in [-0.25, -0.2) is 0 Å². The summed E-state index contributed by atoms with van der Waals surface area (Å²) in [5.41, 5.74) is -0.211. The summed E-state index contributed by atoms with van der Waals surface area (Å²) in [5.74, 6) is 2.03. The van der Waals surface area contributed by atoms with Crippen LogP contribution in [0.15, 0.2) is 4.99 Å². The number of aliphatic imine (C=N–C) groups is 1. The molecule has 1 unspecified atom stereocenters. The Labute approximate surface area is 147 Å². The number of likely N-dealkylation sites (tertiary alicyclic amines) is 1. The average molecular weight is 340 g/mol. The lowest BCUT2D eigenvalue weighted by molar-refractivity contribution is -0.121. The van der Waals surface area contributed by atoms with Crippen molar-refractivity contribution in [2.24, 2.45) is 16.8 Å². The van der Waals surface area contributed by atoms with Crippen molar-refractivity contribution in [2.45, 2.75) is 53.0 Å². The van der Waals surface area contributed by atoms with Crippen LogP contribution in [0.4, 0.5) is 0 Å². The van der Waals surface area contributed by atoms with E-state index >= 15 is 0 Å². The number of guanidine groups is 1. The van der Waals surface area contributed by atoms with Gasteiger partial charge in [0.1, 0.15) is 0 Å². The molecule has 24 heavy (non-hydrogen) atoms. The van der Waals surface area contributed by atoms with Crippen molar-refractivity contribution in [1.29, 1.82) is 0 Å². The summed E-state index contributed by atoms with van der Waals surface area (Å²) < 4.78 is 0. The van der Waals surface area contributed by atoms with E-state index in [1.165, 1.54) is 25.9 Å². The maximum Gasteiger partial charge on any atom is 0.239 e. The Kier molecular flexibility index (Phi) is 8.53. The third kappa shape index (κ3) is 9.11. The molecule has 6 heteroatoms. The highest BCUT2D eigenvalue weighted by Crippen LogP contribution is 2.16. The number of rotatable bonds is 6. The number of carbonyl (C=O) groups is 1. The number of nitrogens with one attached hydrogen (secondary N) is 3. The Morgan fingerprint density at radius 2 is 2.00 bits per heavy atom. The molecule has 1 saturated heterocycles. The van der Waals surface area contributed by atoms with Crippen molar-refractivity contribution < 1.29 is 4.79 Å². The smallest absolute Gasteiger partial charge is 0.239 e. The molecule has 0 radical (unpaired) electrons. The maximum atomic E-state index is 11.9. The van der Waals surface area contributed by atoms with Gasteiger partial charge >= 0.3 is 0 Å². The predicted octanol–water partition coefficient (Wildman–Crippen LogP) is 1.43. The molecule has 140 valence electrons. The highest BCUT2D eigenvalue weighted by Gasteiger charge is 2.20. The highest BCUT2D eigenvalue weighted by molar-refractivity contribution is 5.86. The molecule has 0 bridgehead atoms. The molecule has 1 amide bonds. The highest BCUT2D eigenvalue weighted by atomic mass is 16.2. The monoisotopic (exact) mass is 339 g/mol. The molecule has 1 fully saturated rings. The van der Waals surface area contributed by atoms with Gasteiger partial charge in [0.15, 0.2) is 5.96 Å². The van der Waals surface area contributed by atoms with Crippen molar-refractivity contribution in [1.82, 2.24) is 20.9 Å². The van der Waals surface area contributed by atoms with E-state index in [9.17, 15) is 4.79 Å². The number of piperidine rings is 1. The van der Waals surface area contributed by atoms with E-state index in [0.717, 1.165) is 13.1 Å². The van der Waals surface area contributed by atoms with E-state index in [-0.39, 0.29) is 18.0 Å². The van der Waals surface area contributed by atoms with Gasteiger partial charge in [0.2, 0.25) is 5.91 Å². The summed E-state index contributed by atoms with van der Waals surface area (Å²) in [6, 6.07) is 0. The van der Waals surface area contributed by atoms with Crippen molar-refractivity contribution in [2.75, 3.05) is 39.8 Å². The molecular weight excluding hydrogens is 302 g/mol. The van der Waals surface area contributed by atoms with Gasteiger partial charge in [-0.15, -0.1) is 0 Å². The lowest BCUT2D eigenvalue weighted by Crippen LogP contribution is -2.49. The Balaban J connectivity index is 2.32. The second-order valence-corrected chi connectivity index (χ2v) is 8.27. The van der Waals surface area contributed by atoms with Gasteiger partial charge < -0.3 is 20.9 Å². The molecule has 1 heterocycles. The summed E-state index contributed by atoms with van der Waals surface area (Å²) in [4.78, 5) is 18.6. The molecular formula is C18H37N5O. The van der Waals surface area contributed by atoms with Gasteiger partial charge in [-0.2, -0.15) is 0 Å². The Hall–Kier alpha value is -1.30. The van der Waals surface area contributed by atoms with Crippen LogP contribution < -0.4 is 16.0 Å². The van der Waals surface area contributed by atoms with E-state index < -0.39 is 0 Å². The Morgan fingerprint density at radius 3 is 2.58 bits per heavy atom. The molecule has 1 aliphatic heterocycles. The minimum atomic E-state index is -0.211. The van der Waals surface area contributed by atoms with Crippen molar-refractivity contribution in [3.8, 4) is 0 Å². The second-order valence-electron chi connectivity index (χ2n) is 8.27. The normalized spacial score (nSPS) is 20.1. The largest absolute Gasteiger partial charge is 0.356 e. The summed E-state index contributed by atoms with van der Waals surface area (Å²) in [6.07, 6.45) is 2.52. The van der Waals surface area contributed by atoms with Crippen LogP contribution in [-0.4, -0.2) is 62.1 Å². The fourth-order valence-corrected chi connectivity index (χ4v) is 3.09. The zero-order valence-electron chi connectivity index (χ0n) is 16.4. The van der Waals surface area contributed by atoms with E-state index in [2.05, 4.69) is 39.7 Å². The Morgan fingerprint density at radius 1 is 1.29 bits per heavy atom. The van der Waals surface area contributed by atoms with Crippen LogP contribution in [0, 0.1) is 11.8 Å². The van der Waals surface area contributed by atoms with E-state index in [4.69, 9.17) is 0 Å². The van der Waals surface area contributed by atoms with Crippen LogP contribution in [0.2, 0.25) is 0 Å². The summed E-state index contributed by atoms with van der Waals surface area (Å²) >= 11 is 0. The SMILES string of the molecule is CN=C(NCC(=O)NC(C)(C)C)NCC1CCCN(CC(C)C)C1. The molecule has 0 aromatic heterocycles. The average Bonchev–Trinajstić information content (AvgIpc) is 2.45. The van der Waals surface area contributed by atoms with Crippen LogP contribution in [0.3, 0.4) is 0 Å². The van der Waals surface area contributed by atoms with Crippen molar-refractivity contribution in [3.63, 3.8) is 0 Å². The lowest BCUT2D eigenvalue weighted by atomic mass is 9.97. The first-order valence-corrected chi connectivity index (χ1v) is 9.17. The molecule has 1 aliphatic rings. The third-order valence-corrected chi connectivity index (χ3v) is 3.94. The van der Waals surface area contributed by atoms with E-state index in [1.807, 2.05) is 20.8 Å². The quantitative estimate of drug-likeness (QED) is 0.506. The summed E-state index contributed by atoms with van der Waals surface area (Å²) in [7, 11) is 1.74. The lowest BCUT2D eigenvalue weighted by Gasteiger charge is -2.34. The van der Waals surface area contributed by atoms with Gasteiger partial charge in [-0.1, -0.05) is 13.8 Å². The molecule has 6 nitrogen and oxygen atoms in total. The molecule has 3 N–H and O–H groups in total. The first kappa shape index (κ1) is 20.7. The Bertz CT molecular complexity index is 414. The molecule has 1 rings (SSSR count). The molecule has 0 saturated carbocycles. The molecule has 0 aliphatic carbocycles. The number of hydrogen-bond donors (Lipinski definition) is 3. The van der Waals surface area contributed by atoms with Gasteiger partial charge in [0.25, 0.3) is 0 Å². The fraction of sp³-hybridized carbons (Fsp3) is 0.889. The minimum Gasteiger partial charge on any atom is -0.356 e. The zero-order chi connectivity index (χ0) is 18.2. The number of hydrogen-bond acceptors (Lipinski definition) is 3. The third-order valence-electron chi connectivity index (χ3n) is 3.94. The number of amides is 1. The summed E-state index contributed by atoms with van der Waals surface area (Å²) in [6.45, 7) is 15.2. The topological polar surface area (TPSA) is 68.8 Å². The van der Waals surface area contributed by atoms with Crippen LogP contribution in [0.1, 0.15) is 47.5 Å². The van der Waals surface area contributed by atoms with Gasteiger partial charge in [-0.05, 0) is 52.0 Å². The molecule has 1 atom stereocenters. The first-order chi connectivity index (χ1) is 11.2. The van der Waals surface area contributed by atoms with Gasteiger partial charge in [0, 0.05) is 32.2 Å². The van der Waals surface area contributed by atoms with Crippen LogP contribution >= 0.6 is 0 Å². The second kappa shape index (κ2) is 9.87. The van der Waals surface area contributed by atoms with Crippen LogP contribution in [0.25, 0.3) is 0 Å². The molecule has 0 aromatic carbocycles. The van der Waals surface area contributed by atoms with Gasteiger partial charge in [0.05, 0.1) is 6.54 Å². The van der Waals surface area contributed by atoms with Crippen LogP contribution in [0.5, 0.6) is 0 Å². The minimum absolute atomic E-state index is 0.0220. The predicted molar refractivity (Wildman–Crippen MR) is 101 cm³/mol. The maximum absolute atomic E-state index is 11.9. The molecule has 0 spiro atoms.